The number of amides is 1. The third kappa shape index (κ3) is 4.61. The second-order valence-electron chi connectivity index (χ2n) is 4.18. The van der Waals surface area contributed by atoms with Gasteiger partial charge in [0.25, 0.3) is 5.91 Å². The molecule has 5 nitrogen and oxygen atoms in total. The van der Waals surface area contributed by atoms with Crippen molar-refractivity contribution in [1.29, 1.82) is 0 Å². The molecule has 0 spiro atoms. The predicted octanol–water partition coefficient (Wildman–Crippen LogP) is 3.16. The number of carbonyl (C=O) groups excluding carboxylic acids is 1. The molecule has 0 aliphatic rings. The van der Waals surface area contributed by atoms with Crippen LogP contribution in [-0.4, -0.2) is 23.6 Å². The molecule has 0 saturated carbocycles. The van der Waals surface area contributed by atoms with Gasteiger partial charge in [0.05, 0.1) is 5.56 Å². The normalized spacial score (nSPS) is 9.95. The average Bonchev–Trinajstić information content (AvgIpc) is 2.48. The molecule has 2 rings (SSSR count). The van der Waals surface area contributed by atoms with E-state index in [1.807, 2.05) is 12.1 Å². The minimum absolute atomic E-state index is 0.112. The Morgan fingerprint density at radius 3 is 2.52 bits per heavy atom. The molecule has 1 amide bonds. The van der Waals surface area contributed by atoms with Crippen LogP contribution < -0.4 is 10.1 Å². The van der Waals surface area contributed by atoms with Gasteiger partial charge in [-0.2, -0.15) is 0 Å². The highest BCUT2D eigenvalue weighted by atomic mass is 79.9. The van der Waals surface area contributed by atoms with Gasteiger partial charge in [-0.25, -0.2) is 4.79 Å². The minimum atomic E-state index is -1.04. The number of carboxylic acids is 1. The van der Waals surface area contributed by atoms with Crippen LogP contribution in [-0.2, 0) is 4.79 Å². The molecule has 21 heavy (non-hydrogen) atoms. The minimum Gasteiger partial charge on any atom is -0.484 e. The van der Waals surface area contributed by atoms with Crippen LogP contribution in [0.1, 0.15) is 10.4 Å². The van der Waals surface area contributed by atoms with Crippen LogP contribution in [0.15, 0.2) is 53.0 Å². The summed E-state index contributed by atoms with van der Waals surface area (Å²) in [5, 5.41) is 11.5. The number of hydrogen-bond acceptors (Lipinski definition) is 3. The van der Waals surface area contributed by atoms with E-state index in [0.29, 0.717) is 11.4 Å². The number of carbonyl (C=O) groups is 2. The molecule has 0 aromatic heterocycles. The molecule has 2 aromatic carbocycles. The number of nitrogens with one attached hydrogen (secondary N) is 1. The molecule has 0 bridgehead atoms. The van der Waals surface area contributed by atoms with Gasteiger partial charge in [-0.05, 0) is 42.5 Å². The molecule has 2 aromatic rings. The summed E-state index contributed by atoms with van der Waals surface area (Å²) in [6.45, 7) is -0.195. The molecule has 6 heteroatoms. The Hall–Kier alpha value is -2.34. The highest BCUT2D eigenvalue weighted by Gasteiger charge is 2.06. The second-order valence-corrected chi connectivity index (χ2v) is 5.09. The van der Waals surface area contributed by atoms with Gasteiger partial charge in [-0.3, -0.25) is 4.79 Å². The highest BCUT2D eigenvalue weighted by Crippen LogP contribution is 2.15. The Morgan fingerprint density at radius 2 is 1.86 bits per heavy atom. The number of halogens is 1. The van der Waals surface area contributed by atoms with Crippen molar-refractivity contribution in [3.8, 4) is 5.75 Å². The van der Waals surface area contributed by atoms with Gasteiger partial charge in [0.15, 0.2) is 6.61 Å². The van der Waals surface area contributed by atoms with Gasteiger partial charge in [0.1, 0.15) is 5.75 Å². The maximum absolute atomic E-state index is 11.7. The van der Waals surface area contributed by atoms with E-state index in [-0.39, 0.29) is 18.1 Å². The first-order valence-electron chi connectivity index (χ1n) is 6.06. The fraction of sp³-hybridized carbons (Fsp3) is 0.0667. The maximum Gasteiger partial charge on any atom is 0.335 e. The quantitative estimate of drug-likeness (QED) is 0.869. The number of rotatable bonds is 5. The first-order chi connectivity index (χ1) is 10.0. The SMILES string of the molecule is O=C(COc1cccc(C(=O)O)c1)Nc1ccc(Br)cc1. The molecule has 2 N–H and O–H groups in total. The van der Waals surface area contributed by atoms with Gasteiger partial charge in [-0.1, -0.05) is 22.0 Å². The van der Waals surface area contributed by atoms with Crippen molar-refractivity contribution in [3.63, 3.8) is 0 Å². The molecular formula is C15H12BrNO4. The molecule has 0 fully saturated rings. The monoisotopic (exact) mass is 349 g/mol. The number of benzene rings is 2. The fourth-order valence-corrected chi connectivity index (χ4v) is 1.86. The summed E-state index contributed by atoms with van der Waals surface area (Å²) >= 11 is 3.31. The summed E-state index contributed by atoms with van der Waals surface area (Å²) < 4.78 is 6.19. The third-order valence-corrected chi connectivity index (χ3v) is 3.11. The molecule has 0 heterocycles. The summed E-state index contributed by atoms with van der Waals surface area (Å²) in [4.78, 5) is 22.5. The van der Waals surface area contributed by atoms with Crippen LogP contribution in [0.25, 0.3) is 0 Å². The van der Waals surface area contributed by atoms with Crippen LogP contribution in [0.4, 0.5) is 5.69 Å². The summed E-state index contributed by atoms with van der Waals surface area (Å²) in [6, 6.07) is 13.1. The van der Waals surface area contributed by atoms with Crippen LogP contribution in [0.5, 0.6) is 5.75 Å². The van der Waals surface area contributed by atoms with Gasteiger partial charge >= 0.3 is 5.97 Å². The summed E-state index contributed by atoms with van der Waals surface area (Å²) in [7, 11) is 0. The summed E-state index contributed by atoms with van der Waals surface area (Å²) in [5.74, 6) is -1.03. The Morgan fingerprint density at radius 1 is 1.14 bits per heavy atom. The van der Waals surface area contributed by atoms with Gasteiger partial charge in [0.2, 0.25) is 0 Å². The zero-order valence-corrected chi connectivity index (χ0v) is 12.5. The van der Waals surface area contributed by atoms with Crippen LogP contribution in [0.2, 0.25) is 0 Å². The summed E-state index contributed by atoms with van der Waals surface area (Å²) in [5.41, 5.74) is 0.770. The van der Waals surface area contributed by atoms with E-state index in [0.717, 1.165) is 4.47 Å². The first kappa shape index (κ1) is 15.1. The number of ether oxygens (including phenoxy) is 1. The van der Waals surface area contributed by atoms with E-state index < -0.39 is 5.97 Å². The molecule has 0 radical (unpaired) electrons. The van der Waals surface area contributed by atoms with Gasteiger partial charge in [0, 0.05) is 10.2 Å². The lowest BCUT2D eigenvalue weighted by Gasteiger charge is -2.08. The average molecular weight is 350 g/mol. The standard InChI is InChI=1S/C15H12BrNO4/c16-11-4-6-12(7-5-11)17-14(18)9-21-13-3-1-2-10(8-13)15(19)20/h1-8H,9H2,(H,17,18)(H,19,20). The van der Waals surface area contributed by atoms with Gasteiger partial charge < -0.3 is 15.2 Å². The molecule has 0 aliphatic carbocycles. The van der Waals surface area contributed by atoms with Gasteiger partial charge in [-0.15, -0.1) is 0 Å². The molecule has 0 atom stereocenters. The topological polar surface area (TPSA) is 75.6 Å². The first-order valence-corrected chi connectivity index (χ1v) is 6.85. The van der Waals surface area contributed by atoms with Crippen molar-refractivity contribution in [2.45, 2.75) is 0 Å². The molecular weight excluding hydrogens is 338 g/mol. The Kier molecular flexibility index (Phi) is 4.94. The third-order valence-electron chi connectivity index (χ3n) is 2.58. The zero-order valence-electron chi connectivity index (χ0n) is 10.9. The Bertz CT molecular complexity index is 655. The van der Waals surface area contributed by atoms with E-state index in [9.17, 15) is 9.59 Å². The number of aromatic carboxylic acids is 1. The van der Waals surface area contributed by atoms with Crippen molar-refractivity contribution >= 4 is 33.5 Å². The molecule has 0 aliphatic heterocycles. The van der Waals surface area contributed by atoms with E-state index >= 15 is 0 Å². The Labute approximate surface area is 129 Å². The molecule has 0 saturated heterocycles. The molecule has 0 unspecified atom stereocenters. The lowest BCUT2D eigenvalue weighted by atomic mass is 10.2. The van der Waals surface area contributed by atoms with E-state index in [2.05, 4.69) is 21.2 Å². The maximum atomic E-state index is 11.7. The van der Waals surface area contributed by atoms with Crippen LogP contribution in [0, 0.1) is 0 Å². The van der Waals surface area contributed by atoms with Crippen molar-refractivity contribution in [3.05, 3.63) is 58.6 Å². The predicted molar refractivity (Wildman–Crippen MR) is 81.7 cm³/mol. The Balaban J connectivity index is 1.90. The lowest BCUT2D eigenvalue weighted by molar-refractivity contribution is -0.118. The smallest absolute Gasteiger partial charge is 0.335 e. The molecule has 108 valence electrons. The zero-order chi connectivity index (χ0) is 15.2. The second kappa shape index (κ2) is 6.90. The largest absolute Gasteiger partial charge is 0.484 e. The van der Waals surface area contributed by atoms with Crippen molar-refractivity contribution < 1.29 is 19.4 Å². The number of carboxylic acid groups (broad SMARTS) is 1. The highest BCUT2D eigenvalue weighted by molar-refractivity contribution is 9.10. The fourth-order valence-electron chi connectivity index (χ4n) is 1.60. The van der Waals surface area contributed by atoms with Crippen molar-refractivity contribution in [2.75, 3.05) is 11.9 Å². The van der Waals surface area contributed by atoms with E-state index in [4.69, 9.17) is 9.84 Å². The van der Waals surface area contributed by atoms with Crippen LogP contribution >= 0.6 is 15.9 Å². The van der Waals surface area contributed by atoms with Crippen molar-refractivity contribution in [1.82, 2.24) is 0 Å². The number of anilines is 1. The van der Waals surface area contributed by atoms with E-state index in [1.54, 1.807) is 24.3 Å². The number of hydrogen-bond donors (Lipinski definition) is 2. The van der Waals surface area contributed by atoms with E-state index in [1.165, 1.54) is 12.1 Å². The lowest BCUT2D eigenvalue weighted by Crippen LogP contribution is -2.20. The summed E-state index contributed by atoms with van der Waals surface area (Å²) in [6.07, 6.45) is 0. The van der Waals surface area contributed by atoms with Crippen molar-refractivity contribution in [2.24, 2.45) is 0 Å². The van der Waals surface area contributed by atoms with Crippen LogP contribution in [0.3, 0.4) is 0 Å².